The first kappa shape index (κ1) is 8.27. The summed E-state index contributed by atoms with van der Waals surface area (Å²) in [6.45, 7) is 0. The molecule has 0 aromatic heterocycles. The van der Waals surface area contributed by atoms with Crippen molar-refractivity contribution >= 4 is 0 Å². The van der Waals surface area contributed by atoms with Crippen LogP contribution in [0.5, 0.6) is 0 Å². The molecule has 0 spiro atoms. The number of fused-ring (bicyclic) bond motifs is 2. The maximum Gasteiger partial charge on any atom is 0.119 e. The smallest absolute Gasteiger partial charge is 0.119 e. The molecule has 14 heavy (non-hydrogen) atoms. The summed E-state index contributed by atoms with van der Waals surface area (Å²) in [5.74, 6) is -0.0580. The predicted molar refractivity (Wildman–Crippen MR) is 54.3 cm³/mol. The second-order valence-electron chi connectivity index (χ2n) is 4.29. The topological polar surface area (TPSA) is 12.0 Å². The maximum atomic E-state index is 13.1. The van der Waals surface area contributed by atoms with Crippen molar-refractivity contribution < 1.29 is 4.39 Å². The van der Waals surface area contributed by atoms with E-state index >= 15 is 0 Å². The molecule has 1 N–H and O–H groups in total. The lowest BCUT2D eigenvalue weighted by molar-refractivity contribution is 0.604. The highest BCUT2D eigenvalue weighted by atomic mass is 19.1. The van der Waals surface area contributed by atoms with Gasteiger partial charge in [0.1, 0.15) is 5.83 Å². The molecule has 1 heterocycles. The lowest BCUT2D eigenvalue weighted by atomic mass is 9.89. The van der Waals surface area contributed by atoms with Gasteiger partial charge in [0.25, 0.3) is 0 Å². The van der Waals surface area contributed by atoms with Gasteiger partial charge in [-0.15, -0.1) is 0 Å². The molecule has 1 nitrogen and oxygen atoms in total. The van der Waals surface area contributed by atoms with Crippen LogP contribution < -0.4 is 5.32 Å². The second-order valence-corrected chi connectivity index (χ2v) is 4.29. The first-order chi connectivity index (χ1) is 6.84. The summed E-state index contributed by atoms with van der Waals surface area (Å²) >= 11 is 0. The molecule has 0 amide bonds. The number of rotatable bonds is 0. The Morgan fingerprint density at radius 1 is 1.29 bits per heavy atom. The Bertz CT molecular complexity index is 363. The van der Waals surface area contributed by atoms with Crippen molar-refractivity contribution in [3.8, 4) is 0 Å². The fraction of sp³-hybridized carbons (Fsp3) is 0.500. The van der Waals surface area contributed by atoms with Crippen LogP contribution >= 0.6 is 0 Å². The minimum absolute atomic E-state index is 0.0580. The first-order valence-corrected chi connectivity index (χ1v) is 5.41. The highest BCUT2D eigenvalue weighted by Gasteiger charge is 2.31. The Balaban J connectivity index is 2.00. The molecular formula is C12H14FN. The van der Waals surface area contributed by atoms with Gasteiger partial charge in [0, 0.05) is 5.70 Å². The predicted octanol–water partition coefficient (Wildman–Crippen LogP) is 2.97. The molecule has 3 aliphatic rings. The molecule has 74 valence electrons. The van der Waals surface area contributed by atoms with Gasteiger partial charge in [0.15, 0.2) is 0 Å². The molecule has 0 saturated carbocycles. The normalized spacial score (nSPS) is 30.2. The number of halogens is 1. The molecule has 2 aliphatic carbocycles. The molecule has 0 aromatic carbocycles. The van der Waals surface area contributed by atoms with Crippen molar-refractivity contribution in [3.05, 3.63) is 34.8 Å². The van der Waals surface area contributed by atoms with Crippen LogP contribution in [0.3, 0.4) is 0 Å². The highest BCUT2D eigenvalue weighted by Crippen LogP contribution is 2.39. The van der Waals surface area contributed by atoms with Crippen LogP contribution in [0.1, 0.15) is 32.1 Å². The third kappa shape index (κ3) is 1.13. The molecular weight excluding hydrogens is 177 g/mol. The number of nitrogens with one attached hydrogen (secondary N) is 1. The summed E-state index contributed by atoms with van der Waals surface area (Å²) in [6, 6.07) is 0.373. The van der Waals surface area contributed by atoms with Gasteiger partial charge in [-0.1, -0.05) is 0 Å². The summed E-state index contributed by atoms with van der Waals surface area (Å²) < 4.78 is 13.1. The summed E-state index contributed by atoms with van der Waals surface area (Å²) in [4.78, 5) is 0. The van der Waals surface area contributed by atoms with Gasteiger partial charge in [-0.05, 0) is 55.4 Å². The number of allylic oxidation sites excluding steroid dienone is 3. The Labute approximate surface area is 83.4 Å². The Morgan fingerprint density at radius 3 is 3.07 bits per heavy atom. The number of hydrogen-bond donors (Lipinski definition) is 1. The summed E-state index contributed by atoms with van der Waals surface area (Å²) in [5.41, 5.74) is 4.01. The monoisotopic (exact) mass is 191 g/mol. The molecule has 0 bridgehead atoms. The molecule has 1 aliphatic heterocycles. The van der Waals surface area contributed by atoms with Gasteiger partial charge >= 0.3 is 0 Å². The molecule has 0 aromatic rings. The van der Waals surface area contributed by atoms with Crippen molar-refractivity contribution in [1.82, 2.24) is 5.32 Å². The third-order valence-corrected chi connectivity index (χ3v) is 3.38. The molecule has 0 radical (unpaired) electrons. The van der Waals surface area contributed by atoms with E-state index in [-0.39, 0.29) is 5.83 Å². The zero-order valence-corrected chi connectivity index (χ0v) is 8.15. The quantitative estimate of drug-likeness (QED) is 0.620. The van der Waals surface area contributed by atoms with E-state index in [0.29, 0.717) is 6.04 Å². The van der Waals surface area contributed by atoms with Crippen molar-refractivity contribution in [3.63, 3.8) is 0 Å². The van der Waals surface area contributed by atoms with Crippen LogP contribution in [0.4, 0.5) is 4.39 Å². The lowest BCUT2D eigenvalue weighted by Gasteiger charge is -2.16. The van der Waals surface area contributed by atoms with Gasteiger partial charge < -0.3 is 5.32 Å². The van der Waals surface area contributed by atoms with E-state index in [2.05, 4.69) is 5.32 Å². The Morgan fingerprint density at radius 2 is 2.14 bits per heavy atom. The zero-order valence-electron chi connectivity index (χ0n) is 8.15. The van der Waals surface area contributed by atoms with Gasteiger partial charge in [0.05, 0.1) is 6.04 Å². The SMILES string of the molecule is FC1=CCC2NC3=C(CCCC3)C2=C1. The number of hydrogen-bond acceptors (Lipinski definition) is 1. The van der Waals surface area contributed by atoms with Crippen molar-refractivity contribution in [2.24, 2.45) is 0 Å². The molecule has 0 saturated heterocycles. The van der Waals surface area contributed by atoms with Crippen molar-refractivity contribution in [1.29, 1.82) is 0 Å². The minimum Gasteiger partial charge on any atom is -0.381 e. The van der Waals surface area contributed by atoms with Crippen LogP contribution in [-0.2, 0) is 0 Å². The highest BCUT2D eigenvalue weighted by molar-refractivity contribution is 5.50. The van der Waals surface area contributed by atoms with E-state index in [0.717, 1.165) is 19.3 Å². The van der Waals surface area contributed by atoms with Gasteiger partial charge in [-0.2, -0.15) is 0 Å². The standard InChI is InChI=1S/C12H14FN/c13-8-5-6-12-10(7-8)9-3-1-2-4-11(9)14-12/h5,7,12,14H,1-4,6H2. The molecule has 1 unspecified atom stereocenters. The summed E-state index contributed by atoms with van der Waals surface area (Å²) in [6.07, 6.45) is 9.04. The average molecular weight is 191 g/mol. The van der Waals surface area contributed by atoms with Crippen molar-refractivity contribution in [2.45, 2.75) is 38.1 Å². The largest absolute Gasteiger partial charge is 0.381 e. The first-order valence-electron chi connectivity index (χ1n) is 5.41. The molecule has 0 fully saturated rings. The van der Waals surface area contributed by atoms with Crippen LogP contribution in [0.2, 0.25) is 0 Å². The van der Waals surface area contributed by atoms with Crippen molar-refractivity contribution in [2.75, 3.05) is 0 Å². The molecule has 3 rings (SSSR count). The summed E-state index contributed by atoms with van der Waals surface area (Å²) in [5, 5.41) is 3.52. The maximum absolute atomic E-state index is 13.1. The fourth-order valence-corrected chi connectivity index (χ4v) is 2.69. The zero-order chi connectivity index (χ0) is 9.54. The fourth-order valence-electron chi connectivity index (χ4n) is 2.69. The average Bonchev–Trinajstić information content (AvgIpc) is 2.56. The van der Waals surface area contributed by atoms with E-state index in [1.165, 1.54) is 29.7 Å². The second kappa shape index (κ2) is 2.97. The lowest BCUT2D eigenvalue weighted by Crippen LogP contribution is -2.24. The van der Waals surface area contributed by atoms with Crippen LogP contribution in [0.25, 0.3) is 0 Å². The van der Waals surface area contributed by atoms with E-state index in [1.807, 2.05) is 0 Å². The van der Waals surface area contributed by atoms with E-state index in [4.69, 9.17) is 0 Å². The van der Waals surface area contributed by atoms with Gasteiger partial charge in [0.2, 0.25) is 0 Å². The minimum atomic E-state index is -0.0580. The van der Waals surface area contributed by atoms with E-state index < -0.39 is 0 Å². The summed E-state index contributed by atoms with van der Waals surface area (Å²) in [7, 11) is 0. The van der Waals surface area contributed by atoms with E-state index in [1.54, 1.807) is 12.2 Å². The van der Waals surface area contributed by atoms with Crippen LogP contribution in [-0.4, -0.2) is 6.04 Å². The third-order valence-electron chi connectivity index (χ3n) is 3.38. The molecule has 2 heteroatoms. The van der Waals surface area contributed by atoms with Crippen LogP contribution in [0.15, 0.2) is 34.8 Å². The van der Waals surface area contributed by atoms with Crippen LogP contribution in [0, 0.1) is 0 Å². The van der Waals surface area contributed by atoms with Gasteiger partial charge in [-0.25, -0.2) is 4.39 Å². The molecule has 1 atom stereocenters. The Kier molecular flexibility index (Phi) is 1.76. The van der Waals surface area contributed by atoms with E-state index in [9.17, 15) is 4.39 Å². The van der Waals surface area contributed by atoms with Gasteiger partial charge in [-0.3, -0.25) is 0 Å². The Hall–Kier alpha value is -1.05.